The fraction of sp³-hybridized carbons (Fsp3) is 0.217. The van der Waals surface area contributed by atoms with E-state index in [1.165, 1.54) is 5.56 Å². The van der Waals surface area contributed by atoms with Crippen molar-refractivity contribution in [3.05, 3.63) is 108 Å². The molecule has 1 atom stereocenters. The van der Waals surface area contributed by atoms with E-state index >= 15 is 0 Å². The second-order valence-corrected chi connectivity index (χ2v) is 6.16. The standard InChI is InChI=1S/C23H24O2/c1-19(22-15-9-4-10-16-22)23(24-17-20-11-5-2-6-12-20)25-18-21-13-7-3-8-14-21/h2-16,19,23H,17-18H2,1H3/t19-/m0/s1. The van der Waals surface area contributed by atoms with Crippen LogP contribution in [0.25, 0.3) is 0 Å². The zero-order valence-electron chi connectivity index (χ0n) is 14.5. The summed E-state index contributed by atoms with van der Waals surface area (Å²) in [6.45, 7) is 3.23. The van der Waals surface area contributed by atoms with E-state index in [1.54, 1.807) is 0 Å². The van der Waals surface area contributed by atoms with Crippen molar-refractivity contribution in [3.63, 3.8) is 0 Å². The minimum Gasteiger partial charge on any atom is -0.347 e. The van der Waals surface area contributed by atoms with Crippen LogP contribution in [0.15, 0.2) is 91.0 Å². The van der Waals surface area contributed by atoms with E-state index in [1.807, 2.05) is 42.5 Å². The topological polar surface area (TPSA) is 18.5 Å². The molecule has 0 saturated carbocycles. The highest BCUT2D eigenvalue weighted by atomic mass is 16.7. The monoisotopic (exact) mass is 332 g/mol. The Hall–Kier alpha value is -2.42. The van der Waals surface area contributed by atoms with Crippen LogP contribution >= 0.6 is 0 Å². The Morgan fingerprint density at radius 3 is 1.44 bits per heavy atom. The molecule has 0 aromatic heterocycles. The number of ether oxygens (including phenoxy) is 2. The fourth-order valence-electron chi connectivity index (χ4n) is 2.76. The first-order valence-corrected chi connectivity index (χ1v) is 8.69. The van der Waals surface area contributed by atoms with Gasteiger partial charge in [-0.1, -0.05) is 97.9 Å². The van der Waals surface area contributed by atoms with Gasteiger partial charge in [-0.05, 0) is 16.7 Å². The normalized spacial score (nSPS) is 12.2. The van der Waals surface area contributed by atoms with E-state index in [4.69, 9.17) is 9.47 Å². The summed E-state index contributed by atoms with van der Waals surface area (Å²) < 4.78 is 12.3. The Morgan fingerprint density at radius 2 is 1.00 bits per heavy atom. The summed E-state index contributed by atoms with van der Waals surface area (Å²) in [7, 11) is 0. The number of rotatable bonds is 8. The molecule has 0 aliphatic carbocycles. The van der Waals surface area contributed by atoms with E-state index in [-0.39, 0.29) is 12.2 Å². The summed E-state index contributed by atoms with van der Waals surface area (Å²) >= 11 is 0. The number of hydrogen-bond acceptors (Lipinski definition) is 2. The van der Waals surface area contributed by atoms with Gasteiger partial charge in [-0.25, -0.2) is 0 Å². The summed E-state index contributed by atoms with van der Waals surface area (Å²) in [6, 6.07) is 30.8. The number of benzene rings is 3. The fourth-order valence-corrected chi connectivity index (χ4v) is 2.76. The molecule has 0 N–H and O–H groups in total. The van der Waals surface area contributed by atoms with Gasteiger partial charge in [-0.3, -0.25) is 0 Å². The minimum absolute atomic E-state index is 0.147. The molecule has 0 radical (unpaired) electrons. The Labute approximate surface area is 150 Å². The first-order chi connectivity index (χ1) is 12.3. The van der Waals surface area contributed by atoms with Crippen LogP contribution < -0.4 is 0 Å². The maximum Gasteiger partial charge on any atom is 0.164 e. The molecule has 3 aromatic carbocycles. The lowest BCUT2D eigenvalue weighted by molar-refractivity contribution is -0.167. The quantitative estimate of drug-likeness (QED) is 0.504. The van der Waals surface area contributed by atoms with Crippen molar-refractivity contribution in [2.24, 2.45) is 0 Å². The van der Waals surface area contributed by atoms with Crippen LogP contribution in [-0.2, 0) is 22.7 Å². The first kappa shape index (κ1) is 17.4. The summed E-state index contributed by atoms with van der Waals surface area (Å²) in [4.78, 5) is 0. The second kappa shape index (κ2) is 9.16. The first-order valence-electron chi connectivity index (χ1n) is 8.69. The van der Waals surface area contributed by atoms with Crippen molar-refractivity contribution in [2.45, 2.75) is 32.3 Å². The lowest BCUT2D eigenvalue weighted by Gasteiger charge is -2.25. The second-order valence-electron chi connectivity index (χ2n) is 6.16. The van der Waals surface area contributed by atoms with E-state index in [0.717, 1.165) is 11.1 Å². The molecule has 0 spiro atoms. The molecule has 0 fully saturated rings. The van der Waals surface area contributed by atoms with Gasteiger partial charge < -0.3 is 9.47 Å². The van der Waals surface area contributed by atoms with Crippen LogP contribution in [0.1, 0.15) is 29.5 Å². The zero-order valence-corrected chi connectivity index (χ0v) is 14.5. The van der Waals surface area contributed by atoms with Crippen LogP contribution in [0.3, 0.4) is 0 Å². The molecule has 0 unspecified atom stereocenters. The molecule has 0 aliphatic heterocycles. The third-order valence-electron chi connectivity index (χ3n) is 4.25. The summed E-state index contributed by atoms with van der Waals surface area (Å²) in [5.41, 5.74) is 3.51. The van der Waals surface area contributed by atoms with Gasteiger partial charge in [0.25, 0.3) is 0 Å². The van der Waals surface area contributed by atoms with Gasteiger partial charge >= 0.3 is 0 Å². The average Bonchev–Trinajstić information content (AvgIpc) is 2.70. The SMILES string of the molecule is C[C@@H](c1ccccc1)C(OCc1ccccc1)OCc1ccccc1. The zero-order chi connectivity index (χ0) is 17.3. The van der Waals surface area contributed by atoms with E-state index in [9.17, 15) is 0 Å². The summed E-state index contributed by atoms with van der Waals surface area (Å²) in [6.07, 6.45) is -0.303. The van der Waals surface area contributed by atoms with Crippen molar-refractivity contribution in [2.75, 3.05) is 0 Å². The molecule has 0 heterocycles. The molecular formula is C23H24O2. The van der Waals surface area contributed by atoms with E-state index < -0.39 is 0 Å². The molecule has 0 aliphatic rings. The molecule has 25 heavy (non-hydrogen) atoms. The van der Waals surface area contributed by atoms with E-state index in [0.29, 0.717) is 13.2 Å². The van der Waals surface area contributed by atoms with Crippen LogP contribution in [-0.4, -0.2) is 6.29 Å². The molecule has 2 heteroatoms. The highest BCUT2D eigenvalue weighted by Crippen LogP contribution is 2.24. The van der Waals surface area contributed by atoms with Gasteiger partial charge in [0, 0.05) is 5.92 Å². The van der Waals surface area contributed by atoms with Crippen molar-refractivity contribution in [1.29, 1.82) is 0 Å². The predicted molar refractivity (Wildman–Crippen MR) is 101 cm³/mol. The van der Waals surface area contributed by atoms with E-state index in [2.05, 4.69) is 55.5 Å². The number of hydrogen-bond donors (Lipinski definition) is 0. The Morgan fingerprint density at radius 1 is 0.600 bits per heavy atom. The van der Waals surface area contributed by atoms with Crippen molar-refractivity contribution in [1.82, 2.24) is 0 Å². The molecule has 3 rings (SSSR count). The third-order valence-corrected chi connectivity index (χ3v) is 4.25. The van der Waals surface area contributed by atoms with Gasteiger partial charge in [0.2, 0.25) is 0 Å². The van der Waals surface area contributed by atoms with Crippen LogP contribution in [0, 0.1) is 0 Å². The average molecular weight is 332 g/mol. The van der Waals surface area contributed by atoms with Gasteiger partial charge in [-0.2, -0.15) is 0 Å². The lowest BCUT2D eigenvalue weighted by atomic mass is 10.0. The molecule has 128 valence electrons. The van der Waals surface area contributed by atoms with Gasteiger partial charge in [0.1, 0.15) is 0 Å². The molecule has 2 nitrogen and oxygen atoms in total. The highest BCUT2D eigenvalue weighted by Gasteiger charge is 2.20. The third kappa shape index (κ3) is 5.28. The van der Waals surface area contributed by atoms with Crippen LogP contribution in [0.4, 0.5) is 0 Å². The minimum atomic E-state index is -0.303. The van der Waals surface area contributed by atoms with Gasteiger partial charge in [-0.15, -0.1) is 0 Å². The highest BCUT2D eigenvalue weighted by molar-refractivity contribution is 5.20. The lowest BCUT2D eigenvalue weighted by Crippen LogP contribution is -2.24. The van der Waals surface area contributed by atoms with Crippen molar-refractivity contribution >= 4 is 0 Å². The maximum atomic E-state index is 6.14. The van der Waals surface area contributed by atoms with Gasteiger partial charge in [0.15, 0.2) is 6.29 Å². The largest absolute Gasteiger partial charge is 0.347 e. The predicted octanol–water partition coefficient (Wildman–Crippen LogP) is 5.55. The molecule has 3 aromatic rings. The van der Waals surface area contributed by atoms with Crippen molar-refractivity contribution < 1.29 is 9.47 Å². The Balaban J connectivity index is 1.68. The summed E-state index contributed by atoms with van der Waals surface area (Å²) in [5, 5.41) is 0. The van der Waals surface area contributed by atoms with Gasteiger partial charge in [0.05, 0.1) is 13.2 Å². The molecule has 0 amide bonds. The van der Waals surface area contributed by atoms with Crippen LogP contribution in [0.5, 0.6) is 0 Å². The maximum absolute atomic E-state index is 6.14. The Kier molecular flexibility index (Phi) is 6.38. The molecular weight excluding hydrogens is 308 g/mol. The van der Waals surface area contributed by atoms with Crippen molar-refractivity contribution in [3.8, 4) is 0 Å². The smallest absolute Gasteiger partial charge is 0.164 e. The van der Waals surface area contributed by atoms with Crippen LogP contribution in [0.2, 0.25) is 0 Å². The molecule has 0 bridgehead atoms. The molecule has 0 saturated heterocycles. The summed E-state index contributed by atoms with van der Waals surface area (Å²) in [5.74, 6) is 0.147. The Bertz CT molecular complexity index is 682.